The number of hydrogen-bond acceptors (Lipinski definition) is 4. The van der Waals surface area contributed by atoms with E-state index in [1.165, 1.54) is 0 Å². The number of anilines is 1. The smallest absolute Gasteiger partial charge is 0.338 e. The van der Waals surface area contributed by atoms with Gasteiger partial charge in [0.25, 0.3) is 5.91 Å². The number of aromatic carboxylic acids is 1. The van der Waals surface area contributed by atoms with Crippen LogP contribution in [0.5, 0.6) is 0 Å². The van der Waals surface area contributed by atoms with Crippen LogP contribution in [-0.4, -0.2) is 17.0 Å². The predicted molar refractivity (Wildman–Crippen MR) is 84.5 cm³/mol. The van der Waals surface area contributed by atoms with Crippen LogP contribution >= 0.6 is 0 Å². The number of benzene rings is 3. The standard InChI is InChI=1S/C16H13N3O3/c17-12-7-11-9-4-2-1-3-8(9)5-6-10(11)13(15(20)19-18)14(12)16(21)22/h1-7H,17-18H2,(H,19,20)(H,21,22). The molecule has 22 heavy (non-hydrogen) atoms. The summed E-state index contributed by atoms with van der Waals surface area (Å²) in [6.45, 7) is 0. The van der Waals surface area contributed by atoms with Gasteiger partial charge in [-0.05, 0) is 27.6 Å². The zero-order chi connectivity index (χ0) is 15.9. The number of carbonyl (C=O) groups excluding carboxylic acids is 1. The van der Waals surface area contributed by atoms with E-state index < -0.39 is 11.9 Å². The molecule has 0 aliphatic heterocycles. The van der Waals surface area contributed by atoms with Crippen molar-refractivity contribution in [2.24, 2.45) is 5.84 Å². The molecule has 1 amide bonds. The monoisotopic (exact) mass is 295 g/mol. The average Bonchev–Trinajstić information content (AvgIpc) is 2.52. The molecule has 3 aromatic rings. The minimum Gasteiger partial charge on any atom is -0.478 e. The number of nitrogens with one attached hydrogen (secondary N) is 1. The Morgan fingerprint density at radius 1 is 0.955 bits per heavy atom. The number of rotatable bonds is 2. The Morgan fingerprint density at radius 3 is 2.36 bits per heavy atom. The number of amides is 1. The first kappa shape index (κ1) is 13.8. The first-order valence-electron chi connectivity index (χ1n) is 6.52. The van der Waals surface area contributed by atoms with Gasteiger partial charge in [0.2, 0.25) is 0 Å². The van der Waals surface area contributed by atoms with Gasteiger partial charge >= 0.3 is 5.97 Å². The van der Waals surface area contributed by atoms with Crippen molar-refractivity contribution in [2.75, 3.05) is 5.73 Å². The van der Waals surface area contributed by atoms with E-state index in [1.54, 1.807) is 12.1 Å². The average molecular weight is 295 g/mol. The van der Waals surface area contributed by atoms with Crippen molar-refractivity contribution in [1.29, 1.82) is 0 Å². The molecular formula is C16H13N3O3. The summed E-state index contributed by atoms with van der Waals surface area (Å²) in [6.07, 6.45) is 0. The molecule has 6 nitrogen and oxygen atoms in total. The molecule has 3 aromatic carbocycles. The third-order valence-corrected chi connectivity index (χ3v) is 3.65. The van der Waals surface area contributed by atoms with E-state index in [4.69, 9.17) is 11.6 Å². The van der Waals surface area contributed by atoms with Crippen LogP contribution in [0.2, 0.25) is 0 Å². The van der Waals surface area contributed by atoms with E-state index in [2.05, 4.69) is 0 Å². The zero-order valence-electron chi connectivity index (χ0n) is 11.5. The number of carbonyl (C=O) groups is 2. The lowest BCUT2D eigenvalue weighted by Gasteiger charge is -2.13. The van der Waals surface area contributed by atoms with Gasteiger partial charge in [-0.2, -0.15) is 0 Å². The molecule has 0 bridgehead atoms. The normalized spacial score (nSPS) is 10.8. The largest absolute Gasteiger partial charge is 0.478 e. The number of carboxylic acid groups (broad SMARTS) is 1. The first-order chi connectivity index (χ1) is 10.5. The van der Waals surface area contributed by atoms with E-state index in [1.807, 2.05) is 35.8 Å². The number of hydrazine groups is 1. The van der Waals surface area contributed by atoms with Gasteiger partial charge in [-0.1, -0.05) is 36.4 Å². The number of hydrogen-bond donors (Lipinski definition) is 4. The molecule has 0 saturated heterocycles. The molecule has 3 rings (SSSR count). The highest BCUT2D eigenvalue weighted by Crippen LogP contribution is 2.33. The van der Waals surface area contributed by atoms with Crippen molar-refractivity contribution in [2.45, 2.75) is 0 Å². The summed E-state index contributed by atoms with van der Waals surface area (Å²) in [7, 11) is 0. The van der Waals surface area contributed by atoms with Crippen LogP contribution < -0.4 is 17.0 Å². The summed E-state index contributed by atoms with van der Waals surface area (Å²) < 4.78 is 0. The Labute approximate surface area is 125 Å². The van der Waals surface area contributed by atoms with Crippen LogP contribution in [0.25, 0.3) is 21.5 Å². The second-order valence-electron chi connectivity index (χ2n) is 4.88. The van der Waals surface area contributed by atoms with Crippen molar-refractivity contribution in [3.63, 3.8) is 0 Å². The predicted octanol–water partition coefficient (Wildman–Crippen LogP) is 1.88. The molecule has 0 aliphatic carbocycles. The molecule has 0 heterocycles. The molecule has 110 valence electrons. The summed E-state index contributed by atoms with van der Waals surface area (Å²) in [5.74, 6) is 3.23. The van der Waals surface area contributed by atoms with Gasteiger partial charge < -0.3 is 10.8 Å². The number of fused-ring (bicyclic) bond motifs is 3. The van der Waals surface area contributed by atoms with Gasteiger partial charge in [0.1, 0.15) is 0 Å². The van der Waals surface area contributed by atoms with Crippen LogP contribution in [0.15, 0.2) is 42.5 Å². The summed E-state index contributed by atoms with van der Waals surface area (Å²) in [6, 6.07) is 12.7. The molecular weight excluding hydrogens is 282 g/mol. The topological polar surface area (TPSA) is 118 Å². The molecule has 0 spiro atoms. The second-order valence-corrected chi connectivity index (χ2v) is 4.88. The Hall–Kier alpha value is -3.12. The van der Waals surface area contributed by atoms with E-state index in [0.717, 1.165) is 10.8 Å². The van der Waals surface area contributed by atoms with Crippen molar-refractivity contribution >= 4 is 39.1 Å². The highest BCUT2D eigenvalue weighted by Gasteiger charge is 2.23. The molecule has 0 unspecified atom stereocenters. The molecule has 0 aromatic heterocycles. The van der Waals surface area contributed by atoms with Crippen molar-refractivity contribution < 1.29 is 14.7 Å². The van der Waals surface area contributed by atoms with Crippen LogP contribution in [-0.2, 0) is 0 Å². The Morgan fingerprint density at radius 2 is 1.68 bits per heavy atom. The van der Waals surface area contributed by atoms with Crippen LogP contribution in [0, 0.1) is 0 Å². The molecule has 6 N–H and O–H groups in total. The lowest BCUT2D eigenvalue weighted by Crippen LogP contribution is -2.32. The minimum absolute atomic E-state index is 0.0231. The van der Waals surface area contributed by atoms with Gasteiger partial charge in [-0.25, -0.2) is 10.6 Å². The summed E-state index contributed by atoms with van der Waals surface area (Å²) in [5, 5.41) is 12.4. The minimum atomic E-state index is -1.27. The van der Waals surface area contributed by atoms with Gasteiger partial charge in [0.05, 0.1) is 11.1 Å². The van der Waals surface area contributed by atoms with E-state index in [0.29, 0.717) is 10.8 Å². The van der Waals surface area contributed by atoms with Gasteiger partial charge in [-0.3, -0.25) is 10.2 Å². The Kier molecular flexibility index (Phi) is 3.15. The Balaban J connectivity index is 2.55. The lowest BCUT2D eigenvalue weighted by atomic mass is 9.93. The summed E-state index contributed by atoms with van der Waals surface area (Å²) in [4.78, 5) is 23.6. The Bertz CT molecular complexity index is 935. The fourth-order valence-corrected chi connectivity index (χ4v) is 2.71. The molecule has 0 fully saturated rings. The number of nitrogen functional groups attached to an aromatic ring is 2. The third kappa shape index (κ3) is 1.94. The van der Waals surface area contributed by atoms with Crippen molar-refractivity contribution in [3.05, 3.63) is 53.6 Å². The third-order valence-electron chi connectivity index (χ3n) is 3.65. The number of carboxylic acids is 1. The fourth-order valence-electron chi connectivity index (χ4n) is 2.71. The highest BCUT2D eigenvalue weighted by molar-refractivity contribution is 6.21. The van der Waals surface area contributed by atoms with Crippen LogP contribution in [0.3, 0.4) is 0 Å². The van der Waals surface area contributed by atoms with Gasteiger partial charge in [-0.15, -0.1) is 0 Å². The van der Waals surface area contributed by atoms with Crippen molar-refractivity contribution in [3.8, 4) is 0 Å². The van der Waals surface area contributed by atoms with Gasteiger partial charge in [0.15, 0.2) is 0 Å². The van der Waals surface area contributed by atoms with E-state index in [9.17, 15) is 14.7 Å². The fraction of sp³-hybridized carbons (Fsp3) is 0. The van der Waals surface area contributed by atoms with Crippen LogP contribution in [0.4, 0.5) is 5.69 Å². The highest BCUT2D eigenvalue weighted by atomic mass is 16.4. The maximum atomic E-state index is 12.1. The SMILES string of the molecule is NNC(=O)c1c(C(=O)O)c(N)cc2c1ccc1ccccc12. The maximum Gasteiger partial charge on any atom is 0.338 e. The lowest BCUT2D eigenvalue weighted by molar-refractivity contribution is 0.0692. The van der Waals surface area contributed by atoms with Crippen LogP contribution in [0.1, 0.15) is 20.7 Å². The number of nitrogens with two attached hydrogens (primary N) is 2. The van der Waals surface area contributed by atoms with Gasteiger partial charge in [0, 0.05) is 5.69 Å². The summed E-state index contributed by atoms with van der Waals surface area (Å²) in [5.41, 5.74) is 7.60. The zero-order valence-corrected chi connectivity index (χ0v) is 11.5. The second kappa shape index (κ2) is 5.01. The molecule has 0 radical (unpaired) electrons. The maximum absolute atomic E-state index is 12.1. The quantitative estimate of drug-likeness (QED) is 0.189. The summed E-state index contributed by atoms with van der Waals surface area (Å²) >= 11 is 0. The van der Waals surface area contributed by atoms with E-state index in [-0.39, 0.29) is 16.8 Å². The molecule has 0 saturated carbocycles. The van der Waals surface area contributed by atoms with E-state index >= 15 is 0 Å². The first-order valence-corrected chi connectivity index (χ1v) is 6.52. The molecule has 0 atom stereocenters. The molecule has 6 heteroatoms. The molecule has 0 aliphatic rings. The van der Waals surface area contributed by atoms with Crippen molar-refractivity contribution in [1.82, 2.24) is 5.43 Å².